The van der Waals surface area contributed by atoms with Gasteiger partial charge in [0.25, 0.3) is 0 Å². The Kier molecular flexibility index (Phi) is 3.39. The highest BCUT2D eigenvalue weighted by molar-refractivity contribution is 5.88. The molecule has 0 bridgehead atoms. The van der Waals surface area contributed by atoms with Gasteiger partial charge in [-0.1, -0.05) is 13.8 Å². The SMILES string of the molecule is CC(=O)Nc1cc(F)c(C(C)C)c(F)c1. The predicted octanol–water partition coefficient (Wildman–Crippen LogP) is 3.05. The van der Waals surface area contributed by atoms with E-state index in [1.807, 2.05) is 0 Å². The highest BCUT2D eigenvalue weighted by atomic mass is 19.1. The van der Waals surface area contributed by atoms with E-state index in [-0.39, 0.29) is 23.1 Å². The van der Waals surface area contributed by atoms with Crippen LogP contribution < -0.4 is 5.32 Å². The first-order valence-corrected chi connectivity index (χ1v) is 4.68. The maximum atomic E-state index is 13.4. The van der Waals surface area contributed by atoms with Crippen molar-refractivity contribution in [3.8, 4) is 0 Å². The lowest BCUT2D eigenvalue weighted by Crippen LogP contribution is -2.08. The highest BCUT2D eigenvalue weighted by Gasteiger charge is 2.14. The molecule has 0 unspecified atom stereocenters. The Morgan fingerprint density at radius 3 is 2.07 bits per heavy atom. The van der Waals surface area contributed by atoms with Gasteiger partial charge in [0, 0.05) is 18.2 Å². The van der Waals surface area contributed by atoms with E-state index in [0.717, 1.165) is 12.1 Å². The lowest BCUT2D eigenvalue weighted by molar-refractivity contribution is -0.114. The molecule has 1 rings (SSSR count). The summed E-state index contributed by atoms with van der Waals surface area (Å²) in [7, 11) is 0. The molecule has 0 radical (unpaired) electrons. The van der Waals surface area contributed by atoms with Crippen LogP contribution >= 0.6 is 0 Å². The maximum absolute atomic E-state index is 13.4. The molecular formula is C11H13F2NO. The first-order valence-electron chi connectivity index (χ1n) is 4.68. The molecule has 0 aliphatic rings. The average Bonchev–Trinajstić information content (AvgIpc) is 1.99. The van der Waals surface area contributed by atoms with Crippen LogP contribution in [0.2, 0.25) is 0 Å². The first kappa shape index (κ1) is 11.6. The van der Waals surface area contributed by atoms with Crippen LogP contribution in [-0.4, -0.2) is 5.91 Å². The summed E-state index contributed by atoms with van der Waals surface area (Å²) in [5, 5.41) is 2.33. The van der Waals surface area contributed by atoms with Crippen LogP contribution in [0.1, 0.15) is 32.3 Å². The van der Waals surface area contributed by atoms with E-state index >= 15 is 0 Å². The molecule has 0 aromatic heterocycles. The number of carbonyl (C=O) groups is 1. The maximum Gasteiger partial charge on any atom is 0.221 e. The van der Waals surface area contributed by atoms with Gasteiger partial charge >= 0.3 is 0 Å². The summed E-state index contributed by atoms with van der Waals surface area (Å²) in [5.74, 6) is -1.84. The van der Waals surface area contributed by atoms with E-state index in [1.54, 1.807) is 13.8 Å². The van der Waals surface area contributed by atoms with E-state index in [9.17, 15) is 13.6 Å². The van der Waals surface area contributed by atoms with Crippen molar-refractivity contribution in [3.05, 3.63) is 29.3 Å². The van der Waals surface area contributed by atoms with Crippen LogP contribution in [-0.2, 0) is 4.79 Å². The molecule has 0 atom stereocenters. The predicted molar refractivity (Wildman–Crippen MR) is 54.8 cm³/mol. The third kappa shape index (κ3) is 2.75. The van der Waals surface area contributed by atoms with Gasteiger partial charge in [-0.05, 0) is 18.1 Å². The van der Waals surface area contributed by atoms with Crippen LogP contribution in [0.5, 0.6) is 0 Å². The van der Waals surface area contributed by atoms with Gasteiger partial charge in [0.1, 0.15) is 11.6 Å². The molecular weight excluding hydrogens is 200 g/mol. The Hall–Kier alpha value is -1.45. The lowest BCUT2D eigenvalue weighted by atomic mass is 10.0. The second-order valence-corrected chi connectivity index (χ2v) is 3.69. The van der Waals surface area contributed by atoms with E-state index in [2.05, 4.69) is 5.32 Å². The number of hydrogen-bond acceptors (Lipinski definition) is 1. The van der Waals surface area contributed by atoms with Crippen molar-refractivity contribution in [2.75, 3.05) is 5.32 Å². The Balaban J connectivity index is 3.13. The zero-order valence-corrected chi connectivity index (χ0v) is 8.90. The van der Waals surface area contributed by atoms with Crippen LogP contribution in [0, 0.1) is 11.6 Å². The third-order valence-corrected chi connectivity index (χ3v) is 1.98. The first-order chi connectivity index (χ1) is 6.91. The smallest absolute Gasteiger partial charge is 0.221 e. The molecule has 0 saturated carbocycles. The van der Waals surface area contributed by atoms with Gasteiger partial charge in [-0.25, -0.2) is 8.78 Å². The summed E-state index contributed by atoms with van der Waals surface area (Å²) in [6.07, 6.45) is 0. The topological polar surface area (TPSA) is 29.1 Å². The molecule has 82 valence electrons. The van der Waals surface area contributed by atoms with Crippen molar-refractivity contribution in [1.29, 1.82) is 0 Å². The van der Waals surface area contributed by atoms with Crippen molar-refractivity contribution in [2.45, 2.75) is 26.7 Å². The molecule has 1 N–H and O–H groups in total. The quantitative estimate of drug-likeness (QED) is 0.803. The zero-order chi connectivity index (χ0) is 11.6. The number of carbonyl (C=O) groups excluding carboxylic acids is 1. The minimum atomic E-state index is -0.631. The molecule has 0 spiro atoms. The average molecular weight is 213 g/mol. The number of halogens is 2. The summed E-state index contributed by atoms with van der Waals surface area (Å²) in [5.41, 5.74) is 0.186. The summed E-state index contributed by atoms with van der Waals surface area (Å²) < 4.78 is 26.8. The molecule has 1 amide bonds. The zero-order valence-electron chi connectivity index (χ0n) is 8.90. The Morgan fingerprint density at radius 1 is 1.27 bits per heavy atom. The van der Waals surface area contributed by atoms with Gasteiger partial charge in [0.15, 0.2) is 0 Å². The molecule has 0 aliphatic carbocycles. The van der Waals surface area contributed by atoms with Crippen molar-refractivity contribution < 1.29 is 13.6 Å². The molecule has 1 aromatic carbocycles. The van der Waals surface area contributed by atoms with Crippen LogP contribution in [0.4, 0.5) is 14.5 Å². The van der Waals surface area contributed by atoms with Crippen molar-refractivity contribution >= 4 is 11.6 Å². The molecule has 0 fully saturated rings. The summed E-state index contributed by atoms with van der Waals surface area (Å²) in [4.78, 5) is 10.7. The van der Waals surface area contributed by atoms with Gasteiger partial charge in [-0.2, -0.15) is 0 Å². The molecule has 15 heavy (non-hydrogen) atoms. The minimum Gasteiger partial charge on any atom is -0.326 e. The molecule has 4 heteroatoms. The number of amides is 1. The van der Waals surface area contributed by atoms with E-state index < -0.39 is 11.6 Å². The Bertz CT molecular complexity index is 365. The Labute approximate surface area is 87.3 Å². The fourth-order valence-electron chi connectivity index (χ4n) is 1.41. The molecule has 0 aliphatic heterocycles. The van der Waals surface area contributed by atoms with Crippen LogP contribution in [0.3, 0.4) is 0 Å². The monoisotopic (exact) mass is 213 g/mol. The number of rotatable bonds is 2. The number of nitrogens with one attached hydrogen (secondary N) is 1. The van der Waals surface area contributed by atoms with Gasteiger partial charge in [0.05, 0.1) is 0 Å². The van der Waals surface area contributed by atoms with Crippen molar-refractivity contribution in [2.24, 2.45) is 0 Å². The van der Waals surface area contributed by atoms with E-state index in [4.69, 9.17) is 0 Å². The van der Waals surface area contributed by atoms with Crippen molar-refractivity contribution in [1.82, 2.24) is 0 Å². The van der Waals surface area contributed by atoms with Crippen LogP contribution in [0.15, 0.2) is 12.1 Å². The third-order valence-electron chi connectivity index (χ3n) is 1.98. The van der Waals surface area contributed by atoms with Gasteiger partial charge < -0.3 is 5.32 Å². The second kappa shape index (κ2) is 4.38. The standard InChI is InChI=1S/C11H13F2NO/c1-6(2)11-9(12)4-8(5-10(11)13)14-7(3)15/h4-6H,1-3H3,(H,14,15). The molecule has 0 saturated heterocycles. The summed E-state index contributed by atoms with van der Waals surface area (Å²) in [6, 6.07) is 2.25. The Morgan fingerprint density at radius 2 is 1.73 bits per heavy atom. The van der Waals surface area contributed by atoms with Crippen LogP contribution in [0.25, 0.3) is 0 Å². The summed E-state index contributed by atoms with van der Waals surface area (Å²) >= 11 is 0. The molecule has 1 aromatic rings. The van der Waals surface area contributed by atoms with Gasteiger partial charge in [-0.3, -0.25) is 4.79 Å². The molecule has 2 nitrogen and oxygen atoms in total. The highest BCUT2D eigenvalue weighted by Crippen LogP contribution is 2.25. The lowest BCUT2D eigenvalue weighted by Gasteiger charge is -2.10. The molecule has 0 heterocycles. The number of benzene rings is 1. The van der Waals surface area contributed by atoms with Gasteiger partial charge in [0.2, 0.25) is 5.91 Å². The van der Waals surface area contributed by atoms with Crippen molar-refractivity contribution in [3.63, 3.8) is 0 Å². The van der Waals surface area contributed by atoms with E-state index in [1.165, 1.54) is 6.92 Å². The minimum absolute atomic E-state index is 0.0455. The van der Waals surface area contributed by atoms with E-state index in [0.29, 0.717) is 0 Å². The van der Waals surface area contributed by atoms with Gasteiger partial charge in [-0.15, -0.1) is 0 Å². The largest absolute Gasteiger partial charge is 0.326 e. The fraction of sp³-hybridized carbons (Fsp3) is 0.364. The fourth-order valence-corrected chi connectivity index (χ4v) is 1.41. The second-order valence-electron chi connectivity index (χ2n) is 3.69. The summed E-state index contributed by atoms with van der Waals surface area (Å²) in [6.45, 7) is 4.70. The number of hydrogen-bond donors (Lipinski definition) is 1. The number of anilines is 1. The normalized spacial score (nSPS) is 10.5.